The highest BCUT2D eigenvalue weighted by molar-refractivity contribution is 6.32. The fraction of sp³-hybridized carbons (Fsp3) is 0.303. The standard InChI is InChI=1S/C27H28ClN9.3C2HF3O2/c28-22-16-31-27-33-20-3-1-2-17(14-20)4-5-18-15-21(32-25(22)36-27)6-7-23(18)34-26-30-11-8-24(35-26)37-12-9-19(29)10-13-37;3*3-2(4,5)1(6)7/h1-3,6-8,11,14-16,19H,4-5,9-10,12-13,29H2,(H,30,34,35)(H2,31,32,33,36);3*(H,6,7). The molecule has 4 heterocycles. The van der Waals surface area contributed by atoms with Gasteiger partial charge in [-0.15, -0.1) is 0 Å². The predicted molar refractivity (Wildman–Crippen MR) is 190 cm³/mol. The molecular weight excluding hydrogens is 825 g/mol. The Morgan fingerprint density at radius 1 is 0.776 bits per heavy atom. The van der Waals surface area contributed by atoms with Crippen molar-refractivity contribution in [1.82, 2.24) is 19.9 Å². The first-order valence-corrected chi connectivity index (χ1v) is 16.6. The first-order valence-electron chi connectivity index (χ1n) is 16.2. The molecule has 0 aliphatic carbocycles. The number of carboxylic acid groups (broad SMARTS) is 3. The summed E-state index contributed by atoms with van der Waals surface area (Å²) in [6.07, 6.45) is -8.22. The average Bonchev–Trinajstić information content (AvgIpc) is 3.13. The molecule has 2 aliphatic rings. The van der Waals surface area contributed by atoms with Crippen molar-refractivity contribution in [2.75, 3.05) is 33.9 Å². The molecule has 314 valence electrons. The molecule has 0 spiro atoms. The van der Waals surface area contributed by atoms with Gasteiger partial charge in [0.25, 0.3) is 0 Å². The van der Waals surface area contributed by atoms with E-state index in [0.717, 1.165) is 67.2 Å². The van der Waals surface area contributed by atoms with Crippen molar-refractivity contribution in [2.24, 2.45) is 5.73 Å². The van der Waals surface area contributed by atoms with E-state index in [-0.39, 0.29) is 6.04 Å². The highest BCUT2D eigenvalue weighted by Gasteiger charge is 2.39. The van der Waals surface area contributed by atoms with Crippen LogP contribution in [-0.2, 0) is 27.2 Å². The zero-order valence-electron chi connectivity index (χ0n) is 29.3. The highest BCUT2D eigenvalue weighted by atomic mass is 35.5. The minimum atomic E-state index is -5.08. The Bertz CT molecular complexity index is 1990. The molecule has 0 atom stereocenters. The second-order valence-electron chi connectivity index (χ2n) is 11.8. The van der Waals surface area contributed by atoms with Gasteiger partial charge in [0, 0.05) is 42.4 Å². The molecule has 6 rings (SSSR count). The van der Waals surface area contributed by atoms with Gasteiger partial charge >= 0.3 is 36.4 Å². The lowest BCUT2D eigenvalue weighted by Crippen LogP contribution is -2.40. The number of nitrogens with one attached hydrogen (secondary N) is 3. The zero-order valence-corrected chi connectivity index (χ0v) is 30.0. The van der Waals surface area contributed by atoms with Crippen molar-refractivity contribution in [3.63, 3.8) is 0 Å². The largest absolute Gasteiger partial charge is 0.490 e. The molecule has 0 radical (unpaired) electrons. The van der Waals surface area contributed by atoms with Crippen molar-refractivity contribution in [3.8, 4) is 0 Å². The maximum atomic E-state index is 10.6. The number of alkyl halides is 9. The van der Waals surface area contributed by atoms with Gasteiger partial charge in [0.1, 0.15) is 10.8 Å². The molecule has 25 heteroatoms. The Balaban J connectivity index is 0.000000353. The molecule has 15 nitrogen and oxygen atoms in total. The number of carboxylic acids is 3. The number of rotatable bonds is 3. The van der Waals surface area contributed by atoms with Crippen molar-refractivity contribution >= 4 is 70.1 Å². The van der Waals surface area contributed by atoms with Crippen LogP contribution in [0.1, 0.15) is 24.0 Å². The van der Waals surface area contributed by atoms with Crippen LogP contribution in [0.3, 0.4) is 0 Å². The maximum Gasteiger partial charge on any atom is 0.490 e. The number of hydrogen-bond acceptors (Lipinski definition) is 12. The molecule has 0 saturated carbocycles. The number of hydrogen-bond donors (Lipinski definition) is 7. The average molecular weight is 856 g/mol. The van der Waals surface area contributed by atoms with Crippen LogP contribution < -0.4 is 26.6 Å². The molecule has 58 heavy (non-hydrogen) atoms. The first kappa shape index (κ1) is 46.2. The number of nitrogens with zero attached hydrogens (tertiary/aromatic N) is 5. The van der Waals surface area contributed by atoms with Gasteiger partial charge in [-0.25, -0.2) is 24.4 Å². The van der Waals surface area contributed by atoms with Gasteiger partial charge in [-0.1, -0.05) is 23.7 Å². The molecule has 1 saturated heterocycles. The fourth-order valence-corrected chi connectivity index (χ4v) is 4.84. The quantitative estimate of drug-likeness (QED) is 0.102. The third-order valence-corrected chi connectivity index (χ3v) is 7.73. The molecule has 2 aromatic heterocycles. The molecule has 6 bridgehead atoms. The van der Waals surface area contributed by atoms with Crippen LogP contribution >= 0.6 is 11.6 Å². The number of aliphatic carboxylic acids is 3. The second-order valence-corrected chi connectivity index (χ2v) is 12.2. The molecular formula is C33H31ClF9N9O6. The van der Waals surface area contributed by atoms with Crippen LogP contribution in [0.5, 0.6) is 0 Å². The molecule has 2 aromatic carbocycles. The third kappa shape index (κ3) is 15.1. The zero-order chi connectivity index (χ0) is 43.4. The second kappa shape index (κ2) is 19.8. The van der Waals surface area contributed by atoms with Crippen LogP contribution in [-0.4, -0.2) is 90.8 Å². The molecule has 1 fully saturated rings. The van der Waals surface area contributed by atoms with Crippen molar-refractivity contribution in [1.29, 1.82) is 0 Å². The third-order valence-electron chi connectivity index (χ3n) is 7.46. The van der Waals surface area contributed by atoms with Crippen molar-refractivity contribution in [3.05, 3.63) is 77.1 Å². The smallest absolute Gasteiger partial charge is 0.475 e. The Hall–Kier alpha value is -6.17. The molecule has 4 aromatic rings. The predicted octanol–water partition coefficient (Wildman–Crippen LogP) is 7.08. The summed E-state index contributed by atoms with van der Waals surface area (Å²) in [6.45, 7) is 1.81. The summed E-state index contributed by atoms with van der Waals surface area (Å²) in [7, 11) is 0. The SMILES string of the molecule is NC1CCN(c2ccnc(Nc3ccc4cc3CCc3cccc(c3)Nc3ncc(Cl)c(n3)N4)n2)CC1.O=C(O)C(F)(F)F.O=C(O)C(F)(F)F.O=C(O)C(F)(F)F. The Labute approximate surface area is 326 Å². The highest BCUT2D eigenvalue weighted by Crippen LogP contribution is 2.31. The summed E-state index contributed by atoms with van der Waals surface area (Å²) in [6, 6.07) is 16.7. The number of fused-ring (bicyclic) bond motifs is 6. The molecule has 2 aliphatic heterocycles. The number of anilines is 7. The topological polar surface area (TPSA) is 229 Å². The number of aromatic nitrogens is 4. The maximum absolute atomic E-state index is 10.6. The lowest BCUT2D eigenvalue weighted by Gasteiger charge is -2.31. The van der Waals surface area contributed by atoms with Gasteiger partial charge in [0.2, 0.25) is 11.9 Å². The van der Waals surface area contributed by atoms with Gasteiger partial charge in [-0.05, 0) is 73.2 Å². The van der Waals surface area contributed by atoms with E-state index in [2.05, 4.69) is 54.0 Å². The van der Waals surface area contributed by atoms with E-state index in [9.17, 15) is 39.5 Å². The summed E-state index contributed by atoms with van der Waals surface area (Å²) >= 11 is 6.40. The van der Waals surface area contributed by atoms with Crippen LogP contribution in [0.4, 0.5) is 80.1 Å². The number of halogens is 10. The van der Waals surface area contributed by atoms with Crippen molar-refractivity contribution < 1.29 is 69.2 Å². The Morgan fingerprint density at radius 2 is 1.34 bits per heavy atom. The molecule has 0 unspecified atom stereocenters. The van der Waals surface area contributed by atoms with E-state index < -0.39 is 36.4 Å². The van der Waals surface area contributed by atoms with E-state index in [0.29, 0.717) is 22.7 Å². The normalized spacial score (nSPS) is 13.9. The first-order chi connectivity index (χ1) is 26.9. The Kier molecular flexibility index (Phi) is 15.8. The van der Waals surface area contributed by atoms with Gasteiger partial charge in [0.15, 0.2) is 5.82 Å². The van der Waals surface area contributed by atoms with Gasteiger partial charge < -0.3 is 41.9 Å². The molecule has 8 N–H and O–H groups in total. The lowest BCUT2D eigenvalue weighted by atomic mass is 10.0. The number of aryl methyl sites for hydroxylation is 2. The van der Waals surface area contributed by atoms with Crippen molar-refractivity contribution in [2.45, 2.75) is 50.3 Å². The summed E-state index contributed by atoms with van der Waals surface area (Å²) in [5.74, 6) is -5.76. The van der Waals surface area contributed by atoms with Crippen LogP contribution in [0.15, 0.2) is 60.9 Å². The summed E-state index contributed by atoms with van der Waals surface area (Å²) in [5.41, 5.74) is 11.2. The van der Waals surface area contributed by atoms with E-state index in [1.165, 1.54) is 5.56 Å². The van der Waals surface area contributed by atoms with Gasteiger partial charge in [-0.3, -0.25) is 0 Å². The van der Waals surface area contributed by atoms with E-state index in [1.54, 1.807) is 12.4 Å². The molecule has 0 amide bonds. The summed E-state index contributed by atoms with van der Waals surface area (Å²) in [4.78, 5) is 47.2. The number of benzene rings is 2. The minimum absolute atomic E-state index is 0.273. The fourth-order valence-electron chi connectivity index (χ4n) is 4.70. The van der Waals surface area contributed by atoms with Crippen LogP contribution in [0.2, 0.25) is 5.02 Å². The number of piperidine rings is 1. The minimum Gasteiger partial charge on any atom is -0.475 e. The number of nitrogens with two attached hydrogens (primary N) is 1. The van der Waals surface area contributed by atoms with Gasteiger partial charge in [-0.2, -0.15) is 49.5 Å². The van der Waals surface area contributed by atoms with E-state index in [4.69, 9.17) is 52.0 Å². The van der Waals surface area contributed by atoms with E-state index >= 15 is 0 Å². The van der Waals surface area contributed by atoms with Gasteiger partial charge in [0.05, 0.1) is 6.20 Å². The number of carbonyl (C=O) groups is 3. The summed E-state index contributed by atoms with van der Waals surface area (Å²) < 4.78 is 95.2. The Morgan fingerprint density at radius 3 is 1.91 bits per heavy atom. The van der Waals surface area contributed by atoms with E-state index in [1.807, 2.05) is 30.3 Å². The lowest BCUT2D eigenvalue weighted by molar-refractivity contribution is -0.193. The summed E-state index contributed by atoms with van der Waals surface area (Å²) in [5, 5.41) is 31.9. The monoisotopic (exact) mass is 855 g/mol. The van der Waals surface area contributed by atoms with Crippen LogP contribution in [0.25, 0.3) is 0 Å². The van der Waals surface area contributed by atoms with Crippen LogP contribution in [0, 0.1) is 0 Å².